The van der Waals surface area contributed by atoms with Gasteiger partial charge in [0.1, 0.15) is 17.2 Å². The second-order valence-corrected chi connectivity index (χ2v) is 3.53. The van der Waals surface area contributed by atoms with Crippen molar-refractivity contribution in [3.8, 4) is 0 Å². The van der Waals surface area contributed by atoms with Crippen LogP contribution in [0.1, 0.15) is 21.9 Å². The molecule has 0 saturated carbocycles. The van der Waals surface area contributed by atoms with E-state index in [0.717, 1.165) is 5.69 Å². The van der Waals surface area contributed by atoms with Crippen LogP contribution in [0.15, 0.2) is 24.5 Å². The van der Waals surface area contributed by atoms with E-state index < -0.39 is 5.97 Å². The van der Waals surface area contributed by atoms with E-state index in [4.69, 9.17) is 5.11 Å². The fraction of sp³-hybridized carbons (Fsp3) is 0.182. The molecule has 2 rings (SSSR count). The van der Waals surface area contributed by atoms with Gasteiger partial charge in [-0.3, -0.25) is 0 Å². The number of H-pyrrole nitrogens is 1. The maximum Gasteiger partial charge on any atom is 0.341 e. The first-order valence-corrected chi connectivity index (χ1v) is 5.10. The number of aromatic amines is 1. The molecule has 88 valence electrons. The molecule has 0 radical (unpaired) electrons. The highest BCUT2D eigenvalue weighted by atomic mass is 16.4. The van der Waals surface area contributed by atoms with Gasteiger partial charge in [-0.2, -0.15) is 0 Å². The summed E-state index contributed by atoms with van der Waals surface area (Å²) < 4.78 is 0. The van der Waals surface area contributed by atoms with Crippen molar-refractivity contribution in [2.24, 2.45) is 0 Å². The zero-order chi connectivity index (χ0) is 12.3. The summed E-state index contributed by atoms with van der Waals surface area (Å²) in [5.41, 5.74) is 1.03. The maximum atomic E-state index is 11.0. The van der Waals surface area contributed by atoms with Crippen molar-refractivity contribution in [3.63, 3.8) is 0 Å². The number of aromatic nitrogens is 3. The Kier molecular flexibility index (Phi) is 3.04. The van der Waals surface area contributed by atoms with Gasteiger partial charge in [-0.15, -0.1) is 0 Å². The lowest BCUT2D eigenvalue weighted by Crippen LogP contribution is -2.10. The van der Waals surface area contributed by atoms with Gasteiger partial charge < -0.3 is 15.4 Å². The first kappa shape index (κ1) is 11.1. The van der Waals surface area contributed by atoms with Crippen LogP contribution in [-0.4, -0.2) is 26.0 Å². The highest BCUT2D eigenvalue weighted by molar-refractivity contribution is 5.92. The fourth-order valence-electron chi connectivity index (χ4n) is 1.42. The molecule has 0 unspecified atom stereocenters. The predicted molar refractivity (Wildman–Crippen MR) is 61.8 cm³/mol. The first-order chi connectivity index (χ1) is 8.16. The SMILES string of the molecule is Cc1ncc(C(=O)O)c(NCc2ccc[nH]2)n1. The normalized spacial score (nSPS) is 10.2. The molecule has 3 N–H and O–H groups in total. The van der Waals surface area contributed by atoms with Crippen LogP contribution in [0.25, 0.3) is 0 Å². The Morgan fingerprint density at radius 3 is 3.06 bits per heavy atom. The molecular formula is C11H12N4O2. The van der Waals surface area contributed by atoms with Crippen molar-refractivity contribution in [1.29, 1.82) is 0 Å². The molecule has 2 heterocycles. The van der Waals surface area contributed by atoms with E-state index in [9.17, 15) is 4.79 Å². The van der Waals surface area contributed by atoms with E-state index in [1.807, 2.05) is 12.1 Å². The van der Waals surface area contributed by atoms with Gasteiger partial charge in [-0.1, -0.05) is 0 Å². The molecular weight excluding hydrogens is 220 g/mol. The number of nitrogens with zero attached hydrogens (tertiary/aromatic N) is 2. The Hall–Kier alpha value is -2.37. The summed E-state index contributed by atoms with van der Waals surface area (Å²) in [6.07, 6.45) is 3.11. The smallest absolute Gasteiger partial charge is 0.341 e. The standard InChI is InChI=1S/C11H12N4O2/c1-7-13-6-9(11(16)17)10(15-7)14-5-8-3-2-4-12-8/h2-4,6,12H,5H2,1H3,(H,16,17)(H,13,14,15). The zero-order valence-electron chi connectivity index (χ0n) is 9.27. The largest absolute Gasteiger partial charge is 0.477 e. The molecule has 0 aliphatic rings. The molecule has 0 aromatic carbocycles. The highest BCUT2D eigenvalue weighted by Crippen LogP contribution is 2.12. The second-order valence-electron chi connectivity index (χ2n) is 3.53. The highest BCUT2D eigenvalue weighted by Gasteiger charge is 2.12. The van der Waals surface area contributed by atoms with E-state index in [1.165, 1.54) is 6.20 Å². The number of hydrogen-bond acceptors (Lipinski definition) is 4. The summed E-state index contributed by atoms with van der Waals surface area (Å²) in [6.45, 7) is 2.20. The number of aromatic carboxylic acids is 1. The molecule has 0 aliphatic carbocycles. The minimum Gasteiger partial charge on any atom is -0.477 e. The Bertz CT molecular complexity index is 522. The molecule has 0 aliphatic heterocycles. The van der Waals surface area contributed by atoms with Crippen LogP contribution >= 0.6 is 0 Å². The molecule has 6 heteroatoms. The lowest BCUT2D eigenvalue weighted by Gasteiger charge is -2.07. The van der Waals surface area contributed by atoms with E-state index >= 15 is 0 Å². The van der Waals surface area contributed by atoms with Crippen LogP contribution in [0.4, 0.5) is 5.82 Å². The third-order valence-electron chi connectivity index (χ3n) is 2.25. The third kappa shape index (κ3) is 2.60. The number of hydrogen-bond donors (Lipinski definition) is 3. The molecule has 0 amide bonds. The zero-order valence-corrected chi connectivity index (χ0v) is 9.27. The number of carboxylic acid groups (broad SMARTS) is 1. The number of nitrogens with one attached hydrogen (secondary N) is 2. The lowest BCUT2D eigenvalue weighted by molar-refractivity contribution is 0.0697. The van der Waals surface area contributed by atoms with E-state index in [-0.39, 0.29) is 5.56 Å². The Labute approximate surface area is 97.7 Å². The first-order valence-electron chi connectivity index (χ1n) is 5.10. The van der Waals surface area contributed by atoms with E-state index in [1.54, 1.807) is 13.1 Å². The summed E-state index contributed by atoms with van der Waals surface area (Å²) in [5.74, 6) is -0.178. The number of anilines is 1. The quantitative estimate of drug-likeness (QED) is 0.741. The van der Waals surface area contributed by atoms with Crippen molar-refractivity contribution in [2.75, 3.05) is 5.32 Å². The van der Waals surface area contributed by atoms with Crippen molar-refractivity contribution in [1.82, 2.24) is 15.0 Å². The van der Waals surface area contributed by atoms with Gasteiger partial charge in [0.2, 0.25) is 0 Å². The summed E-state index contributed by atoms with van der Waals surface area (Å²) in [6, 6.07) is 3.78. The number of aryl methyl sites for hydroxylation is 1. The van der Waals surface area contributed by atoms with Crippen LogP contribution in [0.5, 0.6) is 0 Å². The fourth-order valence-corrected chi connectivity index (χ4v) is 1.42. The Morgan fingerprint density at radius 1 is 1.59 bits per heavy atom. The molecule has 0 saturated heterocycles. The third-order valence-corrected chi connectivity index (χ3v) is 2.25. The minimum absolute atomic E-state index is 0.0714. The number of carbonyl (C=O) groups is 1. The van der Waals surface area contributed by atoms with Gasteiger partial charge in [0.15, 0.2) is 0 Å². The Morgan fingerprint density at radius 2 is 2.41 bits per heavy atom. The second kappa shape index (κ2) is 4.65. The number of carboxylic acids is 1. The maximum absolute atomic E-state index is 11.0. The van der Waals surface area contributed by atoms with Crippen LogP contribution in [0.2, 0.25) is 0 Å². The average molecular weight is 232 g/mol. The molecule has 0 atom stereocenters. The Balaban J connectivity index is 2.19. The van der Waals surface area contributed by atoms with Gasteiger partial charge in [-0.25, -0.2) is 14.8 Å². The monoisotopic (exact) mass is 232 g/mol. The van der Waals surface area contributed by atoms with Crippen LogP contribution in [0, 0.1) is 6.92 Å². The van der Waals surface area contributed by atoms with Gasteiger partial charge in [0.05, 0.1) is 6.54 Å². The molecule has 0 spiro atoms. The van der Waals surface area contributed by atoms with E-state index in [2.05, 4.69) is 20.3 Å². The van der Waals surface area contributed by atoms with Crippen molar-refractivity contribution in [2.45, 2.75) is 13.5 Å². The summed E-state index contributed by atoms with van der Waals surface area (Å²) in [4.78, 5) is 21.9. The van der Waals surface area contributed by atoms with Crippen molar-refractivity contribution < 1.29 is 9.90 Å². The van der Waals surface area contributed by atoms with Crippen molar-refractivity contribution in [3.05, 3.63) is 41.6 Å². The lowest BCUT2D eigenvalue weighted by atomic mass is 10.3. The predicted octanol–water partition coefficient (Wildman–Crippen LogP) is 1.42. The molecule has 2 aromatic rings. The molecule has 2 aromatic heterocycles. The van der Waals surface area contributed by atoms with Crippen LogP contribution in [0.3, 0.4) is 0 Å². The molecule has 6 nitrogen and oxygen atoms in total. The summed E-state index contributed by atoms with van der Waals surface area (Å²) >= 11 is 0. The van der Waals surface area contributed by atoms with Crippen LogP contribution in [-0.2, 0) is 6.54 Å². The molecule has 0 fully saturated rings. The van der Waals surface area contributed by atoms with Gasteiger partial charge in [0, 0.05) is 18.1 Å². The van der Waals surface area contributed by atoms with Gasteiger partial charge in [-0.05, 0) is 19.1 Å². The van der Waals surface area contributed by atoms with Gasteiger partial charge >= 0.3 is 5.97 Å². The number of rotatable bonds is 4. The molecule has 17 heavy (non-hydrogen) atoms. The summed E-state index contributed by atoms with van der Waals surface area (Å²) in [5, 5.41) is 12.0. The topological polar surface area (TPSA) is 90.9 Å². The minimum atomic E-state index is -1.04. The van der Waals surface area contributed by atoms with Crippen LogP contribution < -0.4 is 5.32 Å². The van der Waals surface area contributed by atoms with Crippen molar-refractivity contribution >= 4 is 11.8 Å². The van der Waals surface area contributed by atoms with Gasteiger partial charge in [0.25, 0.3) is 0 Å². The summed E-state index contributed by atoms with van der Waals surface area (Å²) in [7, 11) is 0. The molecule has 0 bridgehead atoms. The van der Waals surface area contributed by atoms with E-state index in [0.29, 0.717) is 18.2 Å². The average Bonchev–Trinajstić information content (AvgIpc) is 2.78.